The number of furan rings is 1. The number of rotatable bonds is 5. The minimum absolute atomic E-state index is 0.107. The van der Waals surface area contributed by atoms with Crippen LogP contribution in [0.15, 0.2) is 40.3 Å². The molecule has 1 fully saturated rings. The second kappa shape index (κ2) is 4.41. The molecule has 7 heteroatoms. The van der Waals surface area contributed by atoms with Crippen molar-refractivity contribution in [2.45, 2.75) is 30.7 Å². The van der Waals surface area contributed by atoms with E-state index in [4.69, 9.17) is 4.42 Å². The minimum Gasteiger partial charge on any atom is -0.471 e. The Balaban J connectivity index is 1.77. The van der Waals surface area contributed by atoms with Crippen LogP contribution in [0.1, 0.15) is 25.8 Å². The maximum atomic E-state index is 12.0. The molecule has 19 heavy (non-hydrogen) atoms. The summed E-state index contributed by atoms with van der Waals surface area (Å²) in [6, 6.07) is 1.71. The molecule has 0 spiro atoms. The average molecular weight is 281 g/mol. The van der Waals surface area contributed by atoms with Crippen molar-refractivity contribution in [1.29, 1.82) is 0 Å². The second-order valence-corrected chi connectivity index (χ2v) is 6.53. The summed E-state index contributed by atoms with van der Waals surface area (Å²) in [4.78, 5) is 0.107. The van der Waals surface area contributed by atoms with Gasteiger partial charge in [-0.2, -0.15) is 5.10 Å². The van der Waals surface area contributed by atoms with Crippen LogP contribution in [0.2, 0.25) is 0 Å². The summed E-state index contributed by atoms with van der Waals surface area (Å²) in [6.45, 7) is 2.10. The van der Waals surface area contributed by atoms with Gasteiger partial charge in [-0.15, -0.1) is 0 Å². The molecule has 1 aliphatic carbocycles. The molecule has 102 valence electrons. The molecule has 0 amide bonds. The minimum atomic E-state index is -3.58. The molecule has 1 unspecified atom stereocenters. The van der Waals surface area contributed by atoms with E-state index >= 15 is 0 Å². The molecule has 0 saturated heterocycles. The van der Waals surface area contributed by atoms with Crippen LogP contribution in [0, 0.1) is 5.92 Å². The normalized spacial score (nSPS) is 17.3. The molecular weight excluding hydrogens is 266 g/mol. The van der Waals surface area contributed by atoms with Gasteiger partial charge in [0.15, 0.2) is 0 Å². The first-order valence-corrected chi connectivity index (χ1v) is 7.64. The molecular formula is C12H15N3O3S. The number of nitrogens with one attached hydrogen (secondary N) is 1. The quantitative estimate of drug-likeness (QED) is 0.911. The van der Waals surface area contributed by atoms with Gasteiger partial charge >= 0.3 is 0 Å². The van der Waals surface area contributed by atoms with E-state index < -0.39 is 10.0 Å². The zero-order valence-corrected chi connectivity index (χ0v) is 11.3. The number of anilines is 1. The monoisotopic (exact) mass is 281 g/mol. The summed E-state index contributed by atoms with van der Waals surface area (Å²) in [7, 11) is -3.58. The number of hydrogen-bond donors (Lipinski definition) is 1. The zero-order chi connectivity index (χ0) is 13.5. The van der Waals surface area contributed by atoms with E-state index in [2.05, 4.69) is 16.7 Å². The third kappa shape index (κ3) is 2.51. The highest BCUT2D eigenvalue weighted by molar-refractivity contribution is 7.92. The van der Waals surface area contributed by atoms with Crippen molar-refractivity contribution in [3.05, 3.63) is 31.0 Å². The van der Waals surface area contributed by atoms with Crippen LogP contribution in [-0.2, 0) is 10.0 Å². The van der Waals surface area contributed by atoms with Gasteiger partial charge in [-0.25, -0.2) is 8.42 Å². The van der Waals surface area contributed by atoms with E-state index in [-0.39, 0.29) is 4.90 Å². The highest BCUT2D eigenvalue weighted by Gasteiger charge is 2.29. The molecule has 2 aromatic heterocycles. The van der Waals surface area contributed by atoms with Crippen LogP contribution in [0.3, 0.4) is 0 Å². The van der Waals surface area contributed by atoms with Crippen LogP contribution in [0.4, 0.5) is 5.69 Å². The van der Waals surface area contributed by atoms with Crippen molar-refractivity contribution in [2.75, 3.05) is 4.72 Å². The summed E-state index contributed by atoms with van der Waals surface area (Å²) in [5.74, 6) is 0.665. The predicted octanol–water partition coefficient (Wildman–Crippen LogP) is 2.25. The lowest BCUT2D eigenvalue weighted by molar-refractivity contribution is 0.440. The highest BCUT2D eigenvalue weighted by Crippen LogP contribution is 2.39. The third-order valence-electron chi connectivity index (χ3n) is 3.38. The topological polar surface area (TPSA) is 77.1 Å². The van der Waals surface area contributed by atoms with E-state index in [1.165, 1.54) is 37.6 Å². The predicted molar refractivity (Wildman–Crippen MR) is 69.2 cm³/mol. The van der Waals surface area contributed by atoms with Gasteiger partial charge < -0.3 is 4.42 Å². The van der Waals surface area contributed by atoms with E-state index in [0.717, 1.165) is 0 Å². The van der Waals surface area contributed by atoms with Gasteiger partial charge in [-0.1, -0.05) is 0 Å². The second-order valence-electron chi connectivity index (χ2n) is 4.85. The number of nitrogens with zero attached hydrogens (tertiary/aromatic N) is 2. The number of hydrogen-bond acceptors (Lipinski definition) is 4. The smallest absolute Gasteiger partial charge is 0.265 e. The first kappa shape index (κ1) is 12.3. The van der Waals surface area contributed by atoms with E-state index in [0.29, 0.717) is 17.6 Å². The summed E-state index contributed by atoms with van der Waals surface area (Å²) in [5.41, 5.74) is 0.466. The van der Waals surface area contributed by atoms with Crippen molar-refractivity contribution in [3.63, 3.8) is 0 Å². The molecule has 0 aromatic carbocycles. The number of aromatic nitrogens is 2. The lowest BCUT2D eigenvalue weighted by Crippen LogP contribution is -2.12. The Hall–Kier alpha value is -1.76. The first-order valence-electron chi connectivity index (χ1n) is 6.15. The summed E-state index contributed by atoms with van der Waals surface area (Å²) in [5, 5.41) is 4.21. The molecule has 1 atom stereocenters. The molecule has 3 rings (SSSR count). The molecule has 0 bridgehead atoms. The van der Waals surface area contributed by atoms with Crippen molar-refractivity contribution < 1.29 is 12.8 Å². The Labute approximate surface area is 111 Å². The van der Waals surface area contributed by atoms with Crippen LogP contribution >= 0.6 is 0 Å². The molecule has 2 aromatic rings. The Morgan fingerprint density at radius 3 is 2.95 bits per heavy atom. The third-order valence-corrected chi connectivity index (χ3v) is 4.74. The first-order chi connectivity index (χ1) is 9.06. The highest BCUT2D eigenvalue weighted by atomic mass is 32.2. The van der Waals surface area contributed by atoms with Crippen LogP contribution in [-0.4, -0.2) is 18.2 Å². The van der Waals surface area contributed by atoms with Crippen molar-refractivity contribution in [2.24, 2.45) is 5.92 Å². The molecule has 2 heterocycles. The van der Waals surface area contributed by atoms with Crippen LogP contribution in [0.25, 0.3) is 0 Å². The lowest BCUT2D eigenvalue weighted by atomic mass is 10.2. The molecule has 6 nitrogen and oxygen atoms in total. The van der Waals surface area contributed by atoms with Crippen molar-refractivity contribution in [3.8, 4) is 0 Å². The van der Waals surface area contributed by atoms with E-state index in [9.17, 15) is 8.42 Å². The van der Waals surface area contributed by atoms with E-state index in [1.54, 1.807) is 6.20 Å². The largest absolute Gasteiger partial charge is 0.471 e. The Morgan fingerprint density at radius 1 is 1.53 bits per heavy atom. The number of sulfonamides is 1. The molecule has 1 aliphatic rings. The van der Waals surface area contributed by atoms with Crippen LogP contribution in [0.5, 0.6) is 0 Å². The maximum absolute atomic E-state index is 12.0. The van der Waals surface area contributed by atoms with Gasteiger partial charge in [0, 0.05) is 6.20 Å². The summed E-state index contributed by atoms with van der Waals surface area (Å²) >= 11 is 0. The van der Waals surface area contributed by atoms with Crippen molar-refractivity contribution >= 4 is 15.7 Å². The van der Waals surface area contributed by atoms with Gasteiger partial charge in [0.1, 0.15) is 11.2 Å². The molecule has 1 N–H and O–H groups in total. The van der Waals surface area contributed by atoms with Crippen LogP contribution < -0.4 is 4.72 Å². The fourth-order valence-corrected chi connectivity index (χ4v) is 2.98. The van der Waals surface area contributed by atoms with Gasteiger partial charge in [-0.3, -0.25) is 9.40 Å². The maximum Gasteiger partial charge on any atom is 0.265 e. The Kier molecular flexibility index (Phi) is 2.85. The fraction of sp³-hybridized carbons (Fsp3) is 0.417. The fourth-order valence-electron chi connectivity index (χ4n) is 2.03. The molecule has 0 aliphatic heterocycles. The van der Waals surface area contributed by atoms with Crippen molar-refractivity contribution in [1.82, 2.24) is 9.78 Å². The Bertz CT molecular complexity index is 656. The zero-order valence-electron chi connectivity index (χ0n) is 10.5. The van der Waals surface area contributed by atoms with Gasteiger partial charge in [0.25, 0.3) is 10.0 Å². The lowest BCUT2D eigenvalue weighted by Gasteiger charge is -2.09. The van der Waals surface area contributed by atoms with Gasteiger partial charge in [0.2, 0.25) is 0 Å². The SMILES string of the molecule is CC(C1CC1)n1cc(NS(=O)(=O)c2ccoc2)cn1. The van der Waals surface area contributed by atoms with Gasteiger partial charge in [-0.05, 0) is 31.7 Å². The van der Waals surface area contributed by atoms with Gasteiger partial charge in [0.05, 0.1) is 24.2 Å². The standard InChI is InChI=1S/C12H15N3O3S/c1-9(10-2-3-10)15-7-11(6-13-15)14-19(16,17)12-4-5-18-8-12/h4-10,14H,2-3H2,1H3. The molecule has 1 saturated carbocycles. The van der Waals surface area contributed by atoms with E-state index in [1.807, 2.05) is 4.68 Å². The summed E-state index contributed by atoms with van der Waals surface area (Å²) < 4.78 is 33.0. The Morgan fingerprint density at radius 2 is 2.32 bits per heavy atom. The molecule has 0 radical (unpaired) electrons. The average Bonchev–Trinajstić information content (AvgIpc) is 2.89. The summed E-state index contributed by atoms with van der Waals surface area (Å²) in [6.07, 6.45) is 8.21.